The lowest BCUT2D eigenvalue weighted by atomic mass is 10.1. The largest absolute Gasteiger partial charge is 0.370 e. The van der Waals surface area contributed by atoms with E-state index in [-0.39, 0.29) is 17.7 Å². The molecular weight excluding hydrogens is 204 g/mol. The lowest BCUT2D eigenvalue weighted by Crippen LogP contribution is -2.23. The van der Waals surface area contributed by atoms with Gasteiger partial charge in [-0.05, 0) is 33.6 Å². The second-order valence-corrected chi connectivity index (χ2v) is 5.19. The summed E-state index contributed by atoms with van der Waals surface area (Å²) in [5.74, 6) is 0. The summed E-state index contributed by atoms with van der Waals surface area (Å²) in [6, 6.07) is -0.0605. The van der Waals surface area contributed by atoms with Crippen LogP contribution in [0.3, 0.4) is 0 Å². The number of ether oxygens (including phenoxy) is 1. The third-order valence-electron chi connectivity index (χ3n) is 2.97. The van der Waals surface area contributed by atoms with E-state index in [1.165, 1.54) is 0 Å². The molecule has 0 aromatic carbocycles. The van der Waals surface area contributed by atoms with E-state index in [2.05, 4.69) is 24.2 Å². The molecule has 0 spiro atoms. The molecule has 0 amide bonds. The molecule has 1 aliphatic rings. The van der Waals surface area contributed by atoms with E-state index in [1.54, 1.807) is 0 Å². The zero-order chi connectivity index (χ0) is 11.8. The van der Waals surface area contributed by atoms with E-state index in [0.717, 1.165) is 25.1 Å². The van der Waals surface area contributed by atoms with Gasteiger partial charge in [0.05, 0.1) is 30.1 Å². The Bertz CT molecular complexity index is 359. The van der Waals surface area contributed by atoms with Crippen molar-refractivity contribution >= 4 is 0 Å². The summed E-state index contributed by atoms with van der Waals surface area (Å²) >= 11 is 0. The van der Waals surface area contributed by atoms with Gasteiger partial charge < -0.3 is 10.5 Å². The highest BCUT2D eigenvalue weighted by Crippen LogP contribution is 2.29. The Morgan fingerprint density at radius 3 is 2.94 bits per heavy atom. The Hall–Kier alpha value is -0.940. The van der Waals surface area contributed by atoms with Gasteiger partial charge in [-0.2, -0.15) is 0 Å². The van der Waals surface area contributed by atoms with Crippen LogP contribution in [0.2, 0.25) is 0 Å². The predicted molar refractivity (Wildman–Crippen MR) is 60.8 cm³/mol. The summed E-state index contributed by atoms with van der Waals surface area (Å²) in [6.07, 6.45) is 4.34. The number of rotatable bonds is 3. The molecule has 1 aromatic heterocycles. The SMILES string of the molecule is CC(N)c1cn(CC2CCC(C)(C)O2)nn1. The molecule has 1 aromatic rings. The highest BCUT2D eigenvalue weighted by atomic mass is 16.5. The molecule has 5 nitrogen and oxygen atoms in total. The molecule has 0 bridgehead atoms. The van der Waals surface area contributed by atoms with E-state index in [1.807, 2.05) is 17.8 Å². The van der Waals surface area contributed by atoms with Crippen molar-refractivity contribution in [1.82, 2.24) is 15.0 Å². The minimum atomic E-state index is -0.0605. The minimum Gasteiger partial charge on any atom is -0.370 e. The quantitative estimate of drug-likeness (QED) is 0.839. The van der Waals surface area contributed by atoms with Gasteiger partial charge in [-0.25, -0.2) is 4.68 Å². The molecule has 16 heavy (non-hydrogen) atoms. The molecule has 0 saturated carbocycles. The Morgan fingerprint density at radius 1 is 1.69 bits per heavy atom. The van der Waals surface area contributed by atoms with Crippen molar-refractivity contribution in [3.63, 3.8) is 0 Å². The molecule has 1 aliphatic heterocycles. The molecule has 1 saturated heterocycles. The molecular formula is C11H20N4O. The number of hydrogen-bond donors (Lipinski definition) is 1. The van der Waals surface area contributed by atoms with Crippen molar-refractivity contribution in [2.24, 2.45) is 5.73 Å². The lowest BCUT2D eigenvalue weighted by molar-refractivity contribution is -0.0231. The van der Waals surface area contributed by atoms with Crippen molar-refractivity contribution in [2.75, 3.05) is 0 Å². The van der Waals surface area contributed by atoms with Crippen LogP contribution in [0.25, 0.3) is 0 Å². The second kappa shape index (κ2) is 4.14. The van der Waals surface area contributed by atoms with Crippen molar-refractivity contribution in [2.45, 2.75) is 57.9 Å². The summed E-state index contributed by atoms with van der Waals surface area (Å²) in [6.45, 7) is 6.93. The third kappa shape index (κ3) is 2.59. The summed E-state index contributed by atoms with van der Waals surface area (Å²) in [5.41, 5.74) is 6.57. The average Bonchev–Trinajstić information content (AvgIpc) is 2.73. The van der Waals surface area contributed by atoms with Crippen LogP contribution in [-0.2, 0) is 11.3 Å². The molecule has 2 unspecified atom stereocenters. The monoisotopic (exact) mass is 224 g/mol. The molecule has 1 fully saturated rings. The van der Waals surface area contributed by atoms with Crippen molar-refractivity contribution in [3.8, 4) is 0 Å². The van der Waals surface area contributed by atoms with Crippen LogP contribution in [0.15, 0.2) is 6.20 Å². The first-order valence-electron chi connectivity index (χ1n) is 5.80. The fourth-order valence-electron chi connectivity index (χ4n) is 2.03. The molecule has 5 heteroatoms. The standard InChI is InChI=1S/C11H20N4O/c1-8(12)10-7-15(14-13-10)6-9-4-5-11(2,3)16-9/h7-9H,4-6,12H2,1-3H3. The van der Waals surface area contributed by atoms with Crippen LogP contribution in [0, 0.1) is 0 Å². The van der Waals surface area contributed by atoms with Crippen molar-refractivity contribution in [3.05, 3.63) is 11.9 Å². The Kier molecular flexibility index (Phi) is 2.99. The molecule has 2 atom stereocenters. The first-order valence-corrected chi connectivity index (χ1v) is 5.80. The smallest absolute Gasteiger partial charge is 0.0991 e. The summed E-state index contributed by atoms with van der Waals surface area (Å²) in [4.78, 5) is 0. The maximum atomic E-state index is 5.90. The molecule has 2 N–H and O–H groups in total. The van der Waals surface area contributed by atoms with Gasteiger partial charge in [-0.15, -0.1) is 5.10 Å². The van der Waals surface area contributed by atoms with Crippen LogP contribution in [0.4, 0.5) is 0 Å². The third-order valence-corrected chi connectivity index (χ3v) is 2.97. The maximum Gasteiger partial charge on any atom is 0.0991 e. The maximum absolute atomic E-state index is 5.90. The van der Waals surface area contributed by atoms with Crippen LogP contribution in [0.1, 0.15) is 45.3 Å². The number of aromatic nitrogens is 3. The van der Waals surface area contributed by atoms with E-state index < -0.39 is 0 Å². The van der Waals surface area contributed by atoms with Crippen LogP contribution in [0.5, 0.6) is 0 Å². The van der Waals surface area contributed by atoms with Crippen LogP contribution < -0.4 is 5.73 Å². The van der Waals surface area contributed by atoms with E-state index in [4.69, 9.17) is 10.5 Å². The van der Waals surface area contributed by atoms with Gasteiger partial charge in [0.25, 0.3) is 0 Å². The zero-order valence-electron chi connectivity index (χ0n) is 10.2. The topological polar surface area (TPSA) is 66.0 Å². The zero-order valence-corrected chi connectivity index (χ0v) is 10.2. The van der Waals surface area contributed by atoms with Crippen LogP contribution >= 0.6 is 0 Å². The molecule has 0 radical (unpaired) electrons. The summed E-state index contributed by atoms with van der Waals surface area (Å²) in [5, 5.41) is 8.08. The van der Waals surface area contributed by atoms with E-state index in [0.29, 0.717) is 0 Å². The lowest BCUT2D eigenvalue weighted by Gasteiger charge is -2.18. The summed E-state index contributed by atoms with van der Waals surface area (Å²) < 4.78 is 7.73. The Labute approximate surface area is 96.0 Å². The van der Waals surface area contributed by atoms with E-state index in [9.17, 15) is 0 Å². The fraction of sp³-hybridized carbons (Fsp3) is 0.818. The molecule has 2 heterocycles. The average molecular weight is 224 g/mol. The van der Waals surface area contributed by atoms with Gasteiger partial charge in [-0.1, -0.05) is 5.21 Å². The van der Waals surface area contributed by atoms with Gasteiger partial charge in [0.2, 0.25) is 0 Å². The normalized spacial score (nSPS) is 25.9. The first-order chi connectivity index (χ1) is 7.46. The first kappa shape index (κ1) is 11.5. The molecule has 0 aliphatic carbocycles. The fourth-order valence-corrected chi connectivity index (χ4v) is 2.03. The molecule has 2 rings (SSSR count). The summed E-state index contributed by atoms with van der Waals surface area (Å²) in [7, 11) is 0. The number of nitrogens with two attached hydrogens (primary N) is 1. The van der Waals surface area contributed by atoms with Crippen molar-refractivity contribution < 1.29 is 4.74 Å². The van der Waals surface area contributed by atoms with Gasteiger partial charge in [0, 0.05) is 6.04 Å². The van der Waals surface area contributed by atoms with Gasteiger partial charge in [-0.3, -0.25) is 0 Å². The number of nitrogens with zero attached hydrogens (tertiary/aromatic N) is 3. The highest BCUT2D eigenvalue weighted by Gasteiger charge is 2.31. The second-order valence-electron chi connectivity index (χ2n) is 5.19. The van der Waals surface area contributed by atoms with Crippen molar-refractivity contribution in [1.29, 1.82) is 0 Å². The van der Waals surface area contributed by atoms with Crippen LogP contribution in [-0.4, -0.2) is 26.7 Å². The molecule has 90 valence electrons. The number of hydrogen-bond acceptors (Lipinski definition) is 4. The van der Waals surface area contributed by atoms with Gasteiger partial charge in [0.15, 0.2) is 0 Å². The minimum absolute atomic E-state index is 0.00916. The van der Waals surface area contributed by atoms with Gasteiger partial charge in [0.1, 0.15) is 0 Å². The van der Waals surface area contributed by atoms with E-state index >= 15 is 0 Å². The van der Waals surface area contributed by atoms with Gasteiger partial charge >= 0.3 is 0 Å². The predicted octanol–water partition coefficient (Wildman–Crippen LogP) is 1.26. The Balaban J connectivity index is 1.94. The Morgan fingerprint density at radius 2 is 2.44 bits per heavy atom. The highest BCUT2D eigenvalue weighted by molar-refractivity contribution is 4.97.